The van der Waals surface area contributed by atoms with E-state index in [2.05, 4.69) is 15.3 Å². The highest BCUT2D eigenvalue weighted by atomic mass is 16.5. The van der Waals surface area contributed by atoms with Crippen molar-refractivity contribution >= 4 is 5.91 Å². The lowest BCUT2D eigenvalue weighted by molar-refractivity contribution is 0.0694. The number of carbonyl (C=O) groups excluding carboxylic acids is 1. The highest BCUT2D eigenvalue weighted by molar-refractivity contribution is 5.92. The van der Waals surface area contributed by atoms with Crippen LogP contribution in [0.3, 0.4) is 0 Å². The summed E-state index contributed by atoms with van der Waals surface area (Å²) in [7, 11) is 0. The SMILES string of the molecule is Cc1cc(C(=O)N2CCC(c3nc(C(C)C)no3)CC2)no1. The summed E-state index contributed by atoms with van der Waals surface area (Å²) in [4.78, 5) is 18.6. The van der Waals surface area contributed by atoms with Crippen LogP contribution in [0, 0.1) is 6.92 Å². The van der Waals surface area contributed by atoms with Crippen LogP contribution in [0.1, 0.15) is 66.5 Å². The summed E-state index contributed by atoms with van der Waals surface area (Å²) in [6, 6.07) is 1.67. The molecule has 1 fully saturated rings. The quantitative estimate of drug-likeness (QED) is 0.866. The average molecular weight is 304 g/mol. The molecule has 3 rings (SSSR count). The van der Waals surface area contributed by atoms with Crippen molar-refractivity contribution in [2.24, 2.45) is 0 Å². The highest BCUT2D eigenvalue weighted by Crippen LogP contribution is 2.28. The molecule has 0 N–H and O–H groups in total. The number of amides is 1. The Bertz CT molecular complexity index is 653. The molecule has 0 unspecified atom stereocenters. The van der Waals surface area contributed by atoms with Crippen molar-refractivity contribution in [3.8, 4) is 0 Å². The minimum absolute atomic E-state index is 0.0799. The maximum atomic E-state index is 12.3. The molecule has 0 aromatic carbocycles. The van der Waals surface area contributed by atoms with Gasteiger partial charge in [0, 0.05) is 31.0 Å². The fraction of sp³-hybridized carbons (Fsp3) is 0.600. The Morgan fingerprint density at radius 2 is 2.00 bits per heavy atom. The average Bonchev–Trinajstić information content (AvgIpc) is 3.16. The molecule has 2 aromatic rings. The second-order valence-corrected chi connectivity index (χ2v) is 6.03. The molecule has 7 heteroatoms. The first-order valence-electron chi connectivity index (χ1n) is 7.60. The van der Waals surface area contributed by atoms with Crippen molar-refractivity contribution in [3.05, 3.63) is 29.2 Å². The second-order valence-electron chi connectivity index (χ2n) is 6.03. The fourth-order valence-corrected chi connectivity index (χ4v) is 2.61. The van der Waals surface area contributed by atoms with Gasteiger partial charge in [-0.3, -0.25) is 4.79 Å². The smallest absolute Gasteiger partial charge is 0.276 e. The van der Waals surface area contributed by atoms with Crippen LogP contribution in [0.25, 0.3) is 0 Å². The lowest BCUT2D eigenvalue weighted by Crippen LogP contribution is -2.38. The van der Waals surface area contributed by atoms with Gasteiger partial charge in [-0.1, -0.05) is 24.2 Å². The van der Waals surface area contributed by atoms with Gasteiger partial charge in [0.05, 0.1) is 0 Å². The molecule has 7 nitrogen and oxygen atoms in total. The molecule has 0 aliphatic carbocycles. The van der Waals surface area contributed by atoms with Crippen LogP contribution in [-0.4, -0.2) is 39.2 Å². The van der Waals surface area contributed by atoms with Crippen molar-refractivity contribution in [2.75, 3.05) is 13.1 Å². The summed E-state index contributed by atoms with van der Waals surface area (Å²) in [5.74, 6) is 2.48. The zero-order chi connectivity index (χ0) is 15.7. The molecule has 0 atom stereocenters. The van der Waals surface area contributed by atoms with Crippen molar-refractivity contribution < 1.29 is 13.8 Å². The number of piperidine rings is 1. The number of likely N-dealkylation sites (tertiary alicyclic amines) is 1. The number of hydrogen-bond acceptors (Lipinski definition) is 6. The van der Waals surface area contributed by atoms with E-state index >= 15 is 0 Å². The molecule has 0 saturated carbocycles. The minimum atomic E-state index is -0.0799. The van der Waals surface area contributed by atoms with Gasteiger partial charge in [-0.2, -0.15) is 4.98 Å². The summed E-state index contributed by atoms with van der Waals surface area (Å²) in [5.41, 5.74) is 0.371. The van der Waals surface area contributed by atoms with E-state index in [1.807, 2.05) is 13.8 Å². The Balaban J connectivity index is 1.61. The molecule has 2 aromatic heterocycles. The van der Waals surface area contributed by atoms with Crippen LogP contribution < -0.4 is 0 Å². The third-order valence-electron chi connectivity index (χ3n) is 3.95. The number of aromatic nitrogens is 3. The Morgan fingerprint density at radius 3 is 2.55 bits per heavy atom. The predicted octanol–water partition coefficient (Wildman–Crippen LogP) is 2.51. The van der Waals surface area contributed by atoms with E-state index in [0.717, 1.165) is 18.7 Å². The van der Waals surface area contributed by atoms with E-state index in [1.165, 1.54) is 0 Å². The van der Waals surface area contributed by atoms with Gasteiger partial charge < -0.3 is 13.9 Å². The summed E-state index contributed by atoms with van der Waals surface area (Å²) >= 11 is 0. The monoisotopic (exact) mass is 304 g/mol. The van der Waals surface area contributed by atoms with E-state index in [9.17, 15) is 4.79 Å². The molecule has 0 bridgehead atoms. The number of nitrogens with zero attached hydrogens (tertiary/aromatic N) is 4. The van der Waals surface area contributed by atoms with Gasteiger partial charge in [0.15, 0.2) is 11.5 Å². The maximum absolute atomic E-state index is 12.3. The normalized spacial score (nSPS) is 16.5. The highest BCUT2D eigenvalue weighted by Gasteiger charge is 2.29. The van der Waals surface area contributed by atoms with Gasteiger partial charge >= 0.3 is 0 Å². The topological polar surface area (TPSA) is 85.3 Å². The summed E-state index contributed by atoms with van der Waals surface area (Å²) < 4.78 is 10.3. The summed E-state index contributed by atoms with van der Waals surface area (Å²) in [6.45, 7) is 7.17. The van der Waals surface area contributed by atoms with Crippen molar-refractivity contribution in [1.82, 2.24) is 20.2 Å². The van der Waals surface area contributed by atoms with E-state index < -0.39 is 0 Å². The molecule has 0 spiro atoms. The van der Waals surface area contributed by atoms with Crippen molar-refractivity contribution in [2.45, 2.75) is 45.4 Å². The molecule has 1 saturated heterocycles. The van der Waals surface area contributed by atoms with Gasteiger partial charge in [-0.05, 0) is 19.8 Å². The molecule has 3 heterocycles. The van der Waals surface area contributed by atoms with Crippen LogP contribution in [0.2, 0.25) is 0 Å². The third kappa shape index (κ3) is 2.88. The zero-order valence-electron chi connectivity index (χ0n) is 13.1. The van der Waals surface area contributed by atoms with E-state index in [-0.39, 0.29) is 17.7 Å². The predicted molar refractivity (Wildman–Crippen MR) is 77.5 cm³/mol. The van der Waals surface area contributed by atoms with Gasteiger partial charge in [0.2, 0.25) is 5.89 Å². The minimum Gasteiger partial charge on any atom is -0.361 e. The van der Waals surface area contributed by atoms with Crippen LogP contribution >= 0.6 is 0 Å². The third-order valence-corrected chi connectivity index (χ3v) is 3.95. The maximum Gasteiger partial charge on any atom is 0.276 e. The van der Waals surface area contributed by atoms with Gasteiger partial charge in [-0.25, -0.2) is 0 Å². The summed E-state index contributed by atoms with van der Waals surface area (Å²) in [6.07, 6.45) is 1.64. The Kier molecular flexibility index (Phi) is 3.96. The van der Waals surface area contributed by atoms with Gasteiger partial charge in [-0.15, -0.1) is 0 Å². The molecule has 22 heavy (non-hydrogen) atoms. The molecule has 118 valence electrons. The summed E-state index contributed by atoms with van der Waals surface area (Å²) in [5, 5.41) is 7.79. The Hall–Kier alpha value is -2.18. The number of carbonyl (C=O) groups is 1. The molecule has 1 aliphatic heterocycles. The first kappa shape index (κ1) is 14.7. The molecule has 1 aliphatic rings. The van der Waals surface area contributed by atoms with Crippen LogP contribution in [0.15, 0.2) is 15.1 Å². The van der Waals surface area contributed by atoms with Crippen molar-refractivity contribution in [3.63, 3.8) is 0 Å². The van der Waals surface area contributed by atoms with Crippen LogP contribution in [0.4, 0.5) is 0 Å². The standard InChI is InChI=1S/C15H20N4O3/c1-9(2)13-16-14(22-18-13)11-4-6-19(7-5-11)15(20)12-8-10(3)21-17-12/h8-9,11H,4-7H2,1-3H3. The first-order valence-corrected chi connectivity index (χ1v) is 7.60. The Morgan fingerprint density at radius 1 is 1.27 bits per heavy atom. The van der Waals surface area contributed by atoms with Crippen LogP contribution in [-0.2, 0) is 0 Å². The number of rotatable bonds is 3. The fourth-order valence-electron chi connectivity index (χ4n) is 2.61. The van der Waals surface area contributed by atoms with E-state index in [0.29, 0.717) is 30.4 Å². The van der Waals surface area contributed by atoms with E-state index in [1.54, 1.807) is 17.9 Å². The molecule has 1 amide bonds. The van der Waals surface area contributed by atoms with Gasteiger partial charge in [0.1, 0.15) is 5.76 Å². The lowest BCUT2D eigenvalue weighted by Gasteiger charge is -2.29. The number of hydrogen-bond donors (Lipinski definition) is 0. The van der Waals surface area contributed by atoms with Crippen LogP contribution in [0.5, 0.6) is 0 Å². The zero-order valence-corrected chi connectivity index (χ0v) is 13.1. The number of aryl methyl sites for hydroxylation is 1. The molecule has 0 radical (unpaired) electrons. The van der Waals surface area contributed by atoms with Crippen molar-refractivity contribution in [1.29, 1.82) is 0 Å². The second kappa shape index (κ2) is 5.90. The Labute approximate surface area is 128 Å². The first-order chi connectivity index (χ1) is 10.5. The van der Waals surface area contributed by atoms with E-state index in [4.69, 9.17) is 9.05 Å². The van der Waals surface area contributed by atoms with Gasteiger partial charge in [0.25, 0.3) is 5.91 Å². The molecular formula is C15H20N4O3. The lowest BCUT2D eigenvalue weighted by atomic mass is 9.96. The molecular weight excluding hydrogens is 284 g/mol. The largest absolute Gasteiger partial charge is 0.361 e.